The molecule has 0 saturated heterocycles. The molecule has 2 heterocycles. The first-order valence-corrected chi connectivity index (χ1v) is 9.72. The Kier molecular flexibility index (Phi) is 4.81. The standard InChI is InChI=1S/C21H20N2O3S/c1-13(2)9-14-3-5-15(6-4-14)17-11-27-21(22-17)23-20(24)16-7-8-18-19(10-16)26-12-25-18/h3-8,10-11,13H,9,12H2,1-2H3,(H,22,23,24). The summed E-state index contributed by atoms with van der Waals surface area (Å²) in [6.07, 6.45) is 1.06. The van der Waals surface area contributed by atoms with Crippen LogP contribution in [0.2, 0.25) is 0 Å². The number of benzene rings is 2. The lowest BCUT2D eigenvalue weighted by atomic mass is 10.0. The predicted molar refractivity (Wildman–Crippen MR) is 107 cm³/mol. The molecule has 0 unspecified atom stereocenters. The number of aromatic nitrogens is 1. The van der Waals surface area contributed by atoms with Gasteiger partial charge in [-0.05, 0) is 36.1 Å². The van der Waals surface area contributed by atoms with Crippen molar-refractivity contribution < 1.29 is 14.3 Å². The molecule has 3 aromatic rings. The summed E-state index contributed by atoms with van der Waals surface area (Å²) in [6, 6.07) is 13.6. The number of hydrogen-bond acceptors (Lipinski definition) is 5. The Hall–Kier alpha value is -2.86. The smallest absolute Gasteiger partial charge is 0.257 e. The summed E-state index contributed by atoms with van der Waals surface area (Å²) >= 11 is 1.41. The molecule has 1 N–H and O–H groups in total. The molecule has 0 bridgehead atoms. The van der Waals surface area contributed by atoms with E-state index in [0.29, 0.717) is 28.1 Å². The highest BCUT2D eigenvalue weighted by molar-refractivity contribution is 7.14. The number of fused-ring (bicyclic) bond motifs is 1. The van der Waals surface area contributed by atoms with Gasteiger partial charge < -0.3 is 9.47 Å². The Balaban J connectivity index is 1.45. The number of nitrogens with zero attached hydrogens (tertiary/aromatic N) is 1. The van der Waals surface area contributed by atoms with Crippen LogP contribution in [-0.2, 0) is 6.42 Å². The fraction of sp³-hybridized carbons (Fsp3) is 0.238. The van der Waals surface area contributed by atoms with Crippen LogP contribution >= 0.6 is 11.3 Å². The molecule has 4 rings (SSSR count). The average molecular weight is 380 g/mol. The van der Waals surface area contributed by atoms with Crippen molar-refractivity contribution >= 4 is 22.4 Å². The van der Waals surface area contributed by atoms with E-state index in [0.717, 1.165) is 17.7 Å². The Labute approximate surface area is 162 Å². The lowest BCUT2D eigenvalue weighted by Crippen LogP contribution is -2.11. The van der Waals surface area contributed by atoms with E-state index in [-0.39, 0.29) is 12.7 Å². The molecule has 0 fully saturated rings. The second kappa shape index (κ2) is 7.40. The summed E-state index contributed by atoms with van der Waals surface area (Å²) in [5.74, 6) is 1.66. The van der Waals surface area contributed by atoms with Crippen LogP contribution in [0, 0.1) is 5.92 Å². The predicted octanol–water partition coefficient (Wildman–Crippen LogP) is 4.99. The van der Waals surface area contributed by atoms with Gasteiger partial charge in [-0.1, -0.05) is 38.1 Å². The quantitative estimate of drug-likeness (QED) is 0.677. The number of amides is 1. The second-order valence-electron chi connectivity index (χ2n) is 6.85. The van der Waals surface area contributed by atoms with E-state index in [1.807, 2.05) is 5.38 Å². The molecular weight excluding hydrogens is 360 g/mol. The largest absolute Gasteiger partial charge is 0.454 e. The maximum absolute atomic E-state index is 12.5. The van der Waals surface area contributed by atoms with Crippen molar-refractivity contribution in [1.29, 1.82) is 0 Å². The lowest BCUT2D eigenvalue weighted by Gasteiger charge is -2.05. The minimum Gasteiger partial charge on any atom is -0.454 e. The van der Waals surface area contributed by atoms with Gasteiger partial charge in [0.25, 0.3) is 5.91 Å². The van der Waals surface area contributed by atoms with E-state index >= 15 is 0 Å². The molecule has 0 aliphatic carbocycles. The van der Waals surface area contributed by atoms with Crippen LogP contribution in [0.1, 0.15) is 29.8 Å². The number of anilines is 1. The number of thiazole rings is 1. The van der Waals surface area contributed by atoms with Gasteiger partial charge in [0.15, 0.2) is 16.6 Å². The Morgan fingerprint density at radius 1 is 1.15 bits per heavy atom. The van der Waals surface area contributed by atoms with E-state index in [4.69, 9.17) is 9.47 Å². The molecule has 2 aromatic carbocycles. The second-order valence-corrected chi connectivity index (χ2v) is 7.71. The Morgan fingerprint density at radius 2 is 1.93 bits per heavy atom. The van der Waals surface area contributed by atoms with Crippen molar-refractivity contribution in [2.75, 3.05) is 12.1 Å². The summed E-state index contributed by atoms with van der Waals surface area (Å²) in [5.41, 5.74) is 3.73. The van der Waals surface area contributed by atoms with Crippen molar-refractivity contribution in [3.05, 3.63) is 59.0 Å². The minimum atomic E-state index is -0.221. The zero-order chi connectivity index (χ0) is 18.8. The third-order valence-corrected chi connectivity index (χ3v) is 5.01. The number of carbonyl (C=O) groups excluding carboxylic acids is 1. The van der Waals surface area contributed by atoms with Crippen LogP contribution in [0.4, 0.5) is 5.13 Å². The van der Waals surface area contributed by atoms with Crippen molar-refractivity contribution in [2.24, 2.45) is 5.92 Å². The van der Waals surface area contributed by atoms with Crippen molar-refractivity contribution in [3.8, 4) is 22.8 Å². The maximum atomic E-state index is 12.5. The highest BCUT2D eigenvalue weighted by Crippen LogP contribution is 2.33. The zero-order valence-electron chi connectivity index (χ0n) is 15.2. The van der Waals surface area contributed by atoms with E-state index in [2.05, 4.69) is 48.4 Å². The van der Waals surface area contributed by atoms with Crippen LogP contribution in [0.3, 0.4) is 0 Å². The van der Waals surface area contributed by atoms with E-state index in [1.165, 1.54) is 16.9 Å². The highest BCUT2D eigenvalue weighted by Gasteiger charge is 2.17. The van der Waals surface area contributed by atoms with E-state index in [1.54, 1.807) is 18.2 Å². The highest BCUT2D eigenvalue weighted by atomic mass is 32.1. The Morgan fingerprint density at radius 3 is 2.70 bits per heavy atom. The molecular formula is C21H20N2O3S. The number of ether oxygens (including phenoxy) is 2. The van der Waals surface area contributed by atoms with Gasteiger partial charge in [0.05, 0.1) is 5.69 Å². The molecule has 0 atom stereocenters. The zero-order valence-corrected chi connectivity index (χ0v) is 16.0. The fourth-order valence-electron chi connectivity index (χ4n) is 2.95. The van der Waals surface area contributed by atoms with Crippen LogP contribution in [-0.4, -0.2) is 17.7 Å². The summed E-state index contributed by atoms with van der Waals surface area (Å²) in [7, 11) is 0. The van der Waals surface area contributed by atoms with E-state index in [9.17, 15) is 4.79 Å². The first-order chi connectivity index (χ1) is 13.1. The van der Waals surface area contributed by atoms with Crippen LogP contribution in [0.25, 0.3) is 11.3 Å². The summed E-state index contributed by atoms with van der Waals surface area (Å²) in [4.78, 5) is 17.0. The fourth-order valence-corrected chi connectivity index (χ4v) is 3.67. The van der Waals surface area contributed by atoms with E-state index < -0.39 is 0 Å². The topological polar surface area (TPSA) is 60.5 Å². The van der Waals surface area contributed by atoms with Crippen LogP contribution in [0.5, 0.6) is 11.5 Å². The molecule has 0 radical (unpaired) electrons. The lowest BCUT2D eigenvalue weighted by molar-refractivity contribution is 0.102. The van der Waals surface area contributed by atoms with Gasteiger partial charge in [-0.3, -0.25) is 10.1 Å². The summed E-state index contributed by atoms with van der Waals surface area (Å²) in [5, 5.41) is 5.37. The van der Waals surface area contributed by atoms with Crippen molar-refractivity contribution in [2.45, 2.75) is 20.3 Å². The SMILES string of the molecule is CC(C)Cc1ccc(-c2csc(NC(=O)c3ccc4c(c3)OCO4)n2)cc1. The molecule has 1 aromatic heterocycles. The first-order valence-electron chi connectivity index (χ1n) is 8.84. The molecule has 27 heavy (non-hydrogen) atoms. The van der Waals surface area contributed by atoms with Gasteiger partial charge in [0.1, 0.15) is 0 Å². The van der Waals surface area contributed by atoms with Crippen molar-refractivity contribution in [3.63, 3.8) is 0 Å². The summed E-state index contributed by atoms with van der Waals surface area (Å²) in [6.45, 7) is 4.61. The summed E-state index contributed by atoms with van der Waals surface area (Å²) < 4.78 is 10.6. The van der Waals surface area contributed by atoms with Gasteiger partial charge in [0, 0.05) is 16.5 Å². The number of rotatable bonds is 5. The third kappa shape index (κ3) is 3.95. The van der Waals surface area contributed by atoms with Gasteiger partial charge in [-0.15, -0.1) is 11.3 Å². The molecule has 1 aliphatic rings. The molecule has 0 saturated carbocycles. The molecule has 1 amide bonds. The minimum absolute atomic E-state index is 0.187. The van der Waals surface area contributed by atoms with Gasteiger partial charge >= 0.3 is 0 Å². The van der Waals surface area contributed by atoms with Crippen LogP contribution in [0.15, 0.2) is 47.8 Å². The number of carbonyl (C=O) groups is 1. The maximum Gasteiger partial charge on any atom is 0.257 e. The average Bonchev–Trinajstić information content (AvgIpc) is 3.30. The first kappa shape index (κ1) is 17.5. The monoisotopic (exact) mass is 380 g/mol. The Bertz CT molecular complexity index is 964. The van der Waals surface area contributed by atoms with Crippen LogP contribution < -0.4 is 14.8 Å². The van der Waals surface area contributed by atoms with Gasteiger partial charge in [0.2, 0.25) is 6.79 Å². The number of hydrogen-bond donors (Lipinski definition) is 1. The molecule has 0 spiro atoms. The number of nitrogens with one attached hydrogen (secondary N) is 1. The van der Waals surface area contributed by atoms with Gasteiger partial charge in [-0.25, -0.2) is 4.98 Å². The normalized spacial score (nSPS) is 12.4. The molecule has 6 heteroatoms. The molecule has 138 valence electrons. The van der Waals surface area contributed by atoms with Crippen molar-refractivity contribution in [1.82, 2.24) is 4.98 Å². The molecule has 1 aliphatic heterocycles. The third-order valence-electron chi connectivity index (χ3n) is 4.25. The van der Waals surface area contributed by atoms with Gasteiger partial charge in [-0.2, -0.15) is 0 Å². The molecule has 5 nitrogen and oxygen atoms in total.